The van der Waals surface area contributed by atoms with Crippen LogP contribution in [0.1, 0.15) is 170 Å². The molecule has 4 atom stereocenters. The molecule has 0 aliphatic carbocycles. The van der Waals surface area contributed by atoms with E-state index in [1.165, 1.54) is 25.3 Å². The van der Waals surface area contributed by atoms with Gasteiger partial charge in [0.05, 0.1) is 48.6 Å². The summed E-state index contributed by atoms with van der Waals surface area (Å²) in [6, 6.07) is 10.9. The first-order valence-corrected chi connectivity index (χ1v) is 28.7. The lowest BCUT2D eigenvalue weighted by Crippen LogP contribution is -2.39. The number of esters is 4. The van der Waals surface area contributed by atoms with Crippen molar-refractivity contribution < 1.29 is 131 Å². The van der Waals surface area contributed by atoms with Crippen LogP contribution in [0.4, 0.5) is 52.7 Å². The standard InChI is InChI=1S/C17H23F3O5.C17H23F3O3.C16H21F3O4.C15H19F3O4/c1-7-15(2,3)14(21)25-10-8-11(23-5)13(12(9-10)24-6)16(4,22)17(18,19)20;1-7-15(4,5)14(21)23-13-10(2)8-12(9-11(13)3)16(6,22)17(18,19)20;1-6-14(2,3)13(20)23-10-7-8-11(12(9-10)22-5)15(4,21)16(17,18)19;1-5-13(2,3)12(20)22-9-6-7-10(11(19)8-9)14(4,21)15(16,17)18/h8-9,22H,7H2,1-6H3;8-9,22H,7H2,1-6H3;7-9,21H,6H2,1-5H3;6-8,19,21H,5H2,1-4H3. The van der Waals surface area contributed by atoms with Crippen molar-refractivity contribution in [2.24, 2.45) is 21.7 Å². The van der Waals surface area contributed by atoms with Crippen molar-refractivity contribution in [3.05, 3.63) is 94.0 Å². The number of hydrogen-bond donors (Lipinski definition) is 5. The van der Waals surface area contributed by atoms with E-state index in [0.717, 1.165) is 56.7 Å². The Kier molecular flexibility index (Phi) is 27.6. The van der Waals surface area contributed by atoms with Gasteiger partial charge in [-0.25, -0.2) is 0 Å². The van der Waals surface area contributed by atoms with Gasteiger partial charge in [0.15, 0.2) is 22.4 Å². The van der Waals surface area contributed by atoms with Gasteiger partial charge in [-0.1, -0.05) is 27.7 Å². The van der Waals surface area contributed by atoms with Crippen LogP contribution < -0.4 is 33.2 Å². The Bertz CT molecular complexity index is 3180. The highest BCUT2D eigenvalue weighted by molar-refractivity contribution is 5.80. The molecule has 0 aliphatic rings. The maximum Gasteiger partial charge on any atom is 0.421 e. The Morgan fingerprint density at radius 2 is 0.656 bits per heavy atom. The summed E-state index contributed by atoms with van der Waals surface area (Å²) in [6.45, 7) is 26.4. The molecule has 0 amide bonds. The van der Waals surface area contributed by atoms with Gasteiger partial charge in [-0.2, -0.15) is 52.7 Å². The van der Waals surface area contributed by atoms with Crippen molar-refractivity contribution in [1.29, 1.82) is 0 Å². The molecule has 0 radical (unpaired) electrons. The van der Waals surface area contributed by atoms with Crippen molar-refractivity contribution in [2.75, 3.05) is 21.3 Å². The molecule has 0 aromatic heterocycles. The van der Waals surface area contributed by atoms with Crippen LogP contribution in [-0.2, 0) is 41.6 Å². The Morgan fingerprint density at radius 1 is 0.376 bits per heavy atom. The SMILES string of the molecule is CCC(C)(C)C(=O)Oc1c(C)cc(C(C)(O)C(F)(F)F)cc1C.CCC(C)(C)C(=O)Oc1cc(OC)c(C(C)(O)C(F)(F)F)c(OC)c1.CCC(C)(C)C(=O)Oc1ccc(C(C)(O)C(F)(F)F)c(O)c1.CCC(C)(C)C(=O)Oc1ccc(C(C)(O)C(F)(F)F)c(OC)c1. The molecule has 0 heterocycles. The number of rotatable bonds is 19. The third-order valence-electron chi connectivity index (χ3n) is 16.0. The lowest BCUT2D eigenvalue weighted by atomic mass is 9.90. The summed E-state index contributed by atoms with van der Waals surface area (Å²) in [5.74, 6) is -3.54. The van der Waals surface area contributed by atoms with Crippen molar-refractivity contribution in [2.45, 2.75) is 197 Å². The number of phenols is 1. The van der Waals surface area contributed by atoms with Gasteiger partial charge in [0, 0.05) is 35.4 Å². The summed E-state index contributed by atoms with van der Waals surface area (Å²) in [5, 5.41) is 48.8. The smallest absolute Gasteiger partial charge is 0.421 e. The molecule has 0 bridgehead atoms. The minimum Gasteiger partial charge on any atom is -0.507 e. The second kappa shape index (κ2) is 30.6. The minimum absolute atomic E-state index is 0.0399. The number of methoxy groups -OCH3 is 3. The number of ether oxygens (including phenoxy) is 7. The molecule has 4 rings (SSSR count). The van der Waals surface area contributed by atoms with E-state index in [-0.39, 0.29) is 45.8 Å². The molecule has 0 fully saturated rings. The van der Waals surface area contributed by atoms with Crippen LogP contribution in [0, 0.1) is 35.5 Å². The number of benzene rings is 4. The lowest BCUT2D eigenvalue weighted by molar-refractivity contribution is -0.259. The molecule has 5 N–H and O–H groups in total. The number of phenolic OH excluding ortho intramolecular Hbond substituents is 1. The highest BCUT2D eigenvalue weighted by Gasteiger charge is 2.56. The molecule has 0 spiro atoms. The van der Waals surface area contributed by atoms with E-state index in [1.807, 2.05) is 20.8 Å². The molecular formula is C65H86F12O16. The van der Waals surface area contributed by atoms with Crippen molar-refractivity contribution in [1.82, 2.24) is 0 Å². The Labute approximate surface area is 533 Å². The molecule has 16 nitrogen and oxygen atoms in total. The topological polar surface area (TPSA) is 234 Å². The van der Waals surface area contributed by atoms with E-state index < -0.39 is 115 Å². The van der Waals surface area contributed by atoms with Gasteiger partial charge in [-0.05, 0) is 176 Å². The van der Waals surface area contributed by atoms with Crippen LogP contribution in [0.15, 0.2) is 60.7 Å². The van der Waals surface area contributed by atoms with E-state index in [1.54, 1.807) is 76.2 Å². The first kappa shape index (κ1) is 84.0. The molecule has 0 saturated heterocycles. The molecule has 0 saturated carbocycles. The van der Waals surface area contributed by atoms with Crippen LogP contribution in [0.25, 0.3) is 0 Å². The molecular weight excluding hydrogens is 1260 g/mol. The number of carbonyl (C=O) groups excluding carboxylic acids is 4. The average Bonchev–Trinajstić information content (AvgIpc) is 0.783. The van der Waals surface area contributed by atoms with Crippen LogP contribution >= 0.6 is 0 Å². The monoisotopic (exact) mass is 1350 g/mol. The van der Waals surface area contributed by atoms with E-state index >= 15 is 0 Å². The number of alkyl halides is 12. The van der Waals surface area contributed by atoms with E-state index in [9.17, 15) is 97.4 Å². The number of carbonyl (C=O) groups is 4. The van der Waals surface area contributed by atoms with Crippen LogP contribution in [-0.4, -0.2) is 95.4 Å². The molecule has 93 heavy (non-hydrogen) atoms. The summed E-state index contributed by atoms with van der Waals surface area (Å²) in [5.41, 5.74) is -16.7. The van der Waals surface area contributed by atoms with E-state index in [2.05, 4.69) is 0 Å². The molecule has 28 heteroatoms. The van der Waals surface area contributed by atoms with Gasteiger partial charge in [0.1, 0.15) is 46.0 Å². The third-order valence-corrected chi connectivity index (χ3v) is 16.0. The van der Waals surface area contributed by atoms with E-state index in [0.29, 0.717) is 64.5 Å². The predicted molar refractivity (Wildman–Crippen MR) is 318 cm³/mol. The quantitative estimate of drug-likeness (QED) is 0.0334. The summed E-state index contributed by atoms with van der Waals surface area (Å²) < 4.78 is 191. The normalized spacial score (nSPS) is 15.0. The fraction of sp³-hybridized carbons (Fsp3) is 0.569. The number of hydrogen-bond acceptors (Lipinski definition) is 16. The zero-order valence-corrected chi connectivity index (χ0v) is 55.9. The van der Waals surface area contributed by atoms with Gasteiger partial charge < -0.3 is 58.7 Å². The molecule has 4 aromatic carbocycles. The number of aryl methyl sites for hydroxylation is 2. The van der Waals surface area contributed by atoms with Crippen molar-refractivity contribution in [3.63, 3.8) is 0 Å². The predicted octanol–water partition coefficient (Wildman–Crippen LogP) is 15.5. The first-order valence-electron chi connectivity index (χ1n) is 28.7. The second-order valence-corrected chi connectivity index (χ2v) is 25.0. The Hall–Kier alpha value is -7.04. The zero-order valence-electron chi connectivity index (χ0n) is 55.9. The van der Waals surface area contributed by atoms with Gasteiger partial charge in [-0.3, -0.25) is 19.2 Å². The molecule has 4 aromatic rings. The largest absolute Gasteiger partial charge is 0.507 e. The highest BCUT2D eigenvalue weighted by atomic mass is 19.4. The van der Waals surface area contributed by atoms with Crippen molar-refractivity contribution in [3.8, 4) is 46.0 Å². The van der Waals surface area contributed by atoms with Gasteiger partial charge in [0.25, 0.3) is 0 Å². The summed E-state index contributed by atoms with van der Waals surface area (Å²) in [4.78, 5) is 48.2. The lowest BCUT2D eigenvalue weighted by Gasteiger charge is -2.30. The molecule has 526 valence electrons. The van der Waals surface area contributed by atoms with Crippen LogP contribution in [0.5, 0.6) is 46.0 Å². The van der Waals surface area contributed by atoms with Crippen LogP contribution in [0.3, 0.4) is 0 Å². The minimum atomic E-state index is -4.96. The van der Waals surface area contributed by atoms with Crippen molar-refractivity contribution >= 4 is 23.9 Å². The molecule has 4 unspecified atom stereocenters. The maximum absolute atomic E-state index is 13.2. The van der Waals surface area contributed by atoms with Crippen LogP contribution in [0.2, 0.25) is 0 Å². The maximum atomic E-state index is 13.2. The first-order chi connectivity index (χ1) is 41.7. The number of aromatic hydroxyl groups is 1. The summed E-state index contributed by atoms with van der Waals surface area (Å²) >= 11 is 0. The fourth-order valence-electron chi connectivity index (χ4n) is 7.10. The van der Waals surface area contributed by atoms with Gasteiger partial charge >= 0.3 is 48.6 Å². The summed E-state index contributed by atoms with van der Waals surface area (Å²) in [7, 11) is 3.46. The fourth-order valence-corrected chi connectivity index (χ4v) is 7.10. The Balaban J connectivity index is 0.000000621. The summed E-state index contributed by atoms with van der Waals surface area (Å²) in [6.07, 6.45) is -17.4. The molecule has 0 aliphatic heterocycles. The number of halogens is 12. The second-order valence-electron chi connectivity index (χ2n) is 25.0. The highest BCUT2D eigenvalue weighted by Crippen LogP contribution is 2.50. The number of aliphatic hydroxyl groups is 4. The van der Waals surface area contributed by atoms with Gasteiger partial charge in [0.2, 0.25) is 0 Å². The third kappa shape index (κ3) is 20.5. The average molecular weight is 1350 g/mol. The van der Waals surface area contributed by atoms with Gasteiger partial charge in [-0.15, -0.1) is 0 Å². The van der Waals surface area contributed by atoms with E-state index in [4.69, 9.17) is 33.2 Å². The zero-order chi connectivity index (χ0) is 73.2. The Morgan fingerprint density at radius 3 is 0.957 bits per heavy atom.